The van der Waals surface area contributed by atoms with Crippen molar-refractivity contribution in [2.24, 2.45) is 0 Å². The van der Waals surface area contributed by atoms with E-state index in [1.165, 1.54) is 43.6 Å². The predicted octanol–water partition coefficient (Wildman–Crippen LogP) is 2.00. The standard InChI is InChI=1S/C13H20N2O/c1-4-12(11-6-8-16-13(11)5-1)15-10-3-2-7-14-9-10/h6,8,10,12,14-15H,1-5,7,9H2. The van der Waals surface area contributed by atoms with E-state index in [2.05, 4.69) is 16.7 Å². The van der Waals surface area contributed by atoms with Gasteiger partial charge in [0, 0.05) is 30.6 Å². The maximum absolute atomic E-state index is 5.52. The molecule has 0 saturated carbocycles. The molecule has 16 heavy (non-hydrogen) atoms. The molecule has 88 valence electrons. The summed E-state index contributed by atoms with van der Waals surface area (Å²) in [5.41, 5.74) is 1.40. The number of nitrogens with one attached hydrogen (secondary N) is 2. The molecule has 2 atom stereocenters. The van der Waals surface area contributed by atoms with Crippen molar-refractivity contribution < 1.29 is 4.42 Å². The summed E-state index contributed by atoms with van der Waals surface area (Å²) in [5.74, 6) is 1.20. The molecule has 0 spiro atoms. The Morgan fingerprint density at radius 3 is 3.19 bits per heavy atom. The molecular weight excluding hydrogens is 200 g/mol. The third kappa shape index (κ3) is 2.02. The van der Waals surface area contributed by atoms with E-state index in [1.54, 1.807) is 0 Å². The van der Waals surface area contributed by atoms with Crippen LogP contribution in [0.5, 0.6) is 0 Å². The Bertz CT molecular complexity index is 341. The highest BCUT2D eigenvalue weighted by Gasteiger charge is 2.25. The topological polar surface area (TPSA) is 37.2 Å². The van der Waals surface area contributed by atoms with Crippen molar-refractivity contribution in [1.82, 2.24) is 10.6 Å². The van der Waals surface area contributed by atoms with Crippen LogP contribution in [0.2, 0.25) is 0 Å². The molecule has 3 rings (SSSR count). The Labute approximate surface area is 96.6 Å². The van der Waals surface area contributed by atoms with Crippen LogP contribution in [0.15, 0.2) is 16.7 Å². The van der Waals surface area contributed by atoms with Gasteiger partial charge in [0.1, 0.15) is 5.76 Å². The zero-order valence-electron chi connectivity index (χ0n) is 9.67. The average Bonchev–Trinajstić information content (AvgIpc) is 2.80. The SMILES string of the molecule is c1cc2c(o1)CCCC2NC1CCCNC1. The summed E-state index contributed by atoms with van der Waals surface area (Å²) < 4.78 is 5.52. The first-order valence-corrected chi connectivity index (χ1v) is 6.46. The van der Waals surface area contributed by atoms with Gasteiger partial charge in [0.15, 0.2) is 0 Å². The van der Waals surface area contributed by atoms with Crippen LogP contribution in [-0.2, 0) is 6.42 Å². The smallest absolute Gasteiger partial charge is 0.108 e. The number of hydrogen-bond acceptors (Lipinski definition) is 3. The monoisotopic (exact) mass is 220 g/mol. The largest absolute Gasteiger partial charge is 0.469 e. The van der Waals surface area contributed by atoms with E-state index in [9.17, 15) is 0 Å². The van der Waals surface area contributed by atoms with E-state index in [0.717, 1.165) is 13.0 Å². The Kier molecular flexibility index (Phi) is 2.98. The van der Waals surface area contributed by atoms with Crippen molar-refractivity contribution in [3.05, 3.63) is 23.7 Å². The van der Waals surface area contributed by atoms with E-state index >= 15 is 0 Å². The second-order valence-corrected chi connectivity index (χ2v) is 4.95. The van der Waals surface area contributed by atoms with Gasteiger partial charge in [-0.3, -0.25) is 0 Å². The molecule has 0 amide bonds. The Morgan fingerprint density at radius 1 is 1.31 bits per heavy atom. The minimum absolute atomic E-state index is 0.521. The average molecular weight is 220 g/mol. The number of piperidine rings is 1. The molecule has 1 aliphatic heterocycles. The highest BCUT2D eigenvalue weighted by molar-refractivity contribution is 5.24. The summed E-state index contributed by atoms with van der Waals surface area (Å²) in [5, 5.41) is 7.23. The first-order valence-electron chi connectivity index (χ1n) is 6.46. The highest BCUT2D eigenvalue weighted by Crippen LogP contribution is 2.31. The minimum Gasteiger partial charge on any atom is -0.469 e. The van der Waals surface area contributed by atoms with Crippen molar-refractivity contribution in [3.8, 4) is 0 Å². The van der Waals surface area contributed by atoms with E-state index < -0.39 is 0 Å². The Morgan fingerprint density at radius 2 is 2.31 bits per heavy atom. The molecule has 2 aliphatic rings. The number of furan rings is 1. The quantitative estimate of drug-likeness (QED) is 0.800. The van der Waals surface area contributed by atoms with Gasteiger partial charge in [0.2, 0.25) is 0 Å². The van der Waals surface area contributed by atoms with Gasteiger partial charge in [-0.25, -0.2) is 0 Å². The Balaban J connectivity index is 1.67. The first kappa shape index (κ1) is 10.4. The second kappa shape index (κ2) is 4.60. The summed E-state index contributed by atoms with van der Waals surface area (Å²) in [4.78, 5) is 0. The van der Waals surface area contributed by atoms with E-state index in [4.69, 9.17) is 4.42 Å². The van der Waals surface area contributed by atoms with Crippen LogP contribution in [0.4, 0.5) is 0 Å². The molecular formula is C13H20N2O. The fourth-order valence-electron chi connectivity index (χ4n) is 2.94. The maximum atomic E-state index is 5.52. The van der Waals surface area contributed by atoms with Gasteiger partial charge >= 0.3 is 0 Å². The lowest BCUT2D eigenvalue weighted by Crippen LogP contribution is -2.45. The fraction of sp³-hybridized carbons (Fsp3) is 0.692. The molecule has 1 aromatic rings. The maximum Gasteiger partial charge on any atom is 0.108 e. The van der Waals surface area contributed by atoms with Crippen molar-refractivity contribution >= 4 is 0 Å². The lowest BCUT2D eigenvalue weighted by molar-refractivity contribution is 0.325. The lowest BCUT2D eigenvalue weighted by Gasteiger charge is -2.30. The molecule has 2 heterocycles. The van der Waals surface area contributed by atoms with E-state index in [0.29, 0.717) is 12.1 Å². The van der Waals surface area contributed by atoms with Crippen LogP contribution < -0.4 is 10.6 Å². The summed E-state index contributed by atoms with van der Waals surface area (Å²) in [6.45, 7) is 2.30. The van der Waals surface area contributed by atoms with Crippen molar-refractivity contribution in [2.45, 2.75) is 44.2 Å². The molecule has 3 heteroatoms. The van der Waals surface area contributed by atoms with Crippen LogP contribution >= 0.6 is 0 Å². The van der Waals surface area contributed by atoms with Crippen molar-refractivity contribution in [1.29, 1.82) is 0 Å². The molecule has 0 bridgehead atoms. The third-order valence-corrected chi connectivity index (χ3v) is 3.79. The summed E-state index contributed by atoms with van der Waals surface area (Å²) in [6.07, 6.45) is 8.05. The molecule has 1 saturated heterocycles. The van der Waals surface area contributed by atoms with Crippen LogP contribution in [0.25, 0.3) is 0 Å². The van der Waals surface area contributed by atoms with Gasteiger partial charge in [0.05, 0.1) is 6.26 Å². The molecule has 0 radical (unpaired) electrons. The normalized spacial score (nSPS) is 30.0. The van der Waals surface area contributed by atoms with Crippen LogP contribution in [-0.4, -0.2) is 19.1 Å². The zero-order chi connectivity index (χ0) is 10.8. The van der Waals surface area contributed by atoms with E-state index in [1.807, 2.05) is 6.26 Å². The summed E-state index contributed by atoms with van der Waals surface area (Å²) >= 11 is 0. The van der Waals surface area contributed by atoms with Gasteiger partial charge in [-0.15, -0.1) is 0 Å². The second-order valence-electron chi connectivity index (χ2n) is 4.95. The van der Waals surface area contributed by atoms with Crippen LogP contribution in [0.1, 0.15) is 43.0 Å². The third-order valence-electron chi connectivity index (χ3n) is 3.79. The van der Waals surface area contributed by atoms with Crippen molar-refractivity contribution in [3.63, 3.8) is 0 Å². The predicted molar refractivity (Wildman–Crippen MR) is 63.4 cm³/mol. The van der Waals surface area contributed by atoms with Gasteiger partial charge in [-0.05, 0) is 38.3 Å². The van der Waals surface area contributed by atoms with Crippen LogP contribution in [0.3, 0.4) is 0 Å². The molecule has 2 unspecified atom stereocenters. The number of aryl methyl sites for hydroxylation is 1. The van der Waals surface area contributed by atoms with Gasteiger partial charge in [0.25, 0.3) is 0 Å². The fourth-order valence-corrected chi connectivity index (χ4v) is 2.94. The summed E-state index contributed by atoms with van der Waals surface area (Å²) in [6, 6.07) is 3.30. The summed E-state index contributed by atoms with van der Waals surface area (Å²) in [7, 11) is 0. The molecule has 1 aromatic heterocycles. The molecule has 1 fully saturated rings. The first-order chi connectivity index (χ1) is 7.93. The number of fused-ring (bicyclic) bond motifs is 1. The molecule has 3 nitrogen and oxygen atoms in total. The zero-order valence-corrected chi connectivity index (χ0v) is 9.67. The molecule has 0 aromatic carbocycles. The number of hydrogen-bond donors (Lipinski definition) is 2. The lowest BCUT2D eigenvalue weighted by atomic mass is 9.92. The highest BCUT2D eigenvalue weighted by atomic mass is 16.3. The molecule has 1 aliphatic carbocycles. The number of rotatable bonds is 2. The van der Waals surface area contributed by atoms with Gasteiger partial charge < -0.3 is 15.1 Å². The minimum atomic E-state index is 0.521. The van der Waals surface area contributed by atoms with Crippen molar-refractivity contribution in [2.75, 3.05) is 13.1 Å². The van der Waals surface area contributed by atoms with Gasteiger partial charge in [-0.2, -0.15) is 0 Å². The van der Waals surface area contributed by atoms with Crippen LogP contribution in [0, 0.1) is 0 Å². The van der Waals surface area contributed by atoms with Gasteiger partial charge in [-0.1, -0.05) is 0 Å². The van der Waals surface area contributed by atoms with E-state index in [-0.39, 0.29) is 0 Å². The Hall–Kier alpha value is -0.800. The molecule has 2 N–H and O–H groups in total.